The molecule has 0 bridgehead atoms. The molecule has 1 aliphatic heterocycles. The van der Waals surface area contributed by atoms with E-state index in [-0.39, 0.29) is 13.0 Å². The molecule has 1 saturated heterocycles. The zero-order valence-corrected chi connectivity index (χ0v) is 6.93. The fourth-order valence-corrected chi connectivity index (χ4v) is 0.909. The van der Waals surface area contributed by atoms with Gasteiger partial charge in [0.05, 0.1) is 6.04 Å². The van der Waals surface area contributed by atoms with Crippen molar-refractivity contribution in [3.8, 4) is 0 Å². The van der Waals surface area contributed by atoms with Crippen LogP contribution in [0.25, 0.3) is 0 Å². The smallest absolute Gasteiger partial charge is 0.234 e. The summed E-state index contributed by atoms with van der Waals surface area (Å²) in [5.41, 5.74) is 4.89. The van der Waals surface area contributed by atoms with Crippen LogP contribution < -0.4 is 11.1 Å². The lowest BCUT2D eigenvalue weighted by atomic mass is 10.2. The van der Waals surface area contributed by atoms with Crippen molar-refractivity contribution in [2.75, 3.05) is 6.54 Å². The van der Waals surface area contributed by atoms with E-state index in [1.807, 2.05) is 13.8 Å². The van der Waals surface area contributed by atoms with Crippen molar-refractivity contribution in [2.45, 2.75) is 32.5 Å². The number of primary amides is 1. The van der Waals surface area contributed by atoms with E-state index >= 15 is 0 Å². The van der Waals surface area contributed by atoms with Crippen molar-refractivity contribution in [3.05, 3.63) is 0 Å². The normalized spacial score (nSPS) is 29.0. The van der Waals surface area contributed by atoms with Gasteiger partial charge in [-0.2, -0.15) is 0 Å². The van der Waals surface area contributed by atoms with Gasteiger partial charge in [-0.1, -0.05) is 13.8 Å². The number of halogens is 1. The monoisotopic (exact) mass is 162 g/mol. The molecule has 1 rings (SSSR count). The maximum absolute atomic E-state index is 12.3. The Labute approximate surface area is 66.1 Å². The Morgan fingerprint density at radius 2 is 2.18 bits per heavy atom. The third kappa shape index (κ3) is 3.32. The molecule has 0 aliphatic carbocycles. The number of nitrogens with two attached hydrogens (primary N) is 1. The van der Waals surface area contributed by atoms with E-state index < -0.39 is 18.1 Å². The topological polar surface area (TPSA) is 55.1 Å². The SMILES string of the molecule is CC.NC(=O)[C@@H]1C[C@H](F)CN1. The average Bonchev–Trinajstić information content (AvgIpc) is 2.40. The Kier molecular flexibility index (Phi) is 4.77. The van der Waals surface area contributed by atoms with E-state index in [1.54, 1.807) is 0 Å². The molecule has 0 spiro atoms. The zero-order valence-electron chi connectivity index (χ0n) is 6.93. The van der Waals surface area contributed by atoms with Gasteiger partial charge in [-0.05, 0) is 0 Å². The number of hydrogen-bond donors (Lipinski definition) is 2. The summed E-state index contributed by atoms with van der Waals surface area (Å²) in [6.45, 7) is 4.26. The summed E-state index contributed by atoms with van der Waals surface area (Å²) < 4.78 is 12.3. The van der Waals surface area contributed by atoms with Gasteiger partial charge in [0, 0.05) is 13.0 Å². The molecule has 2 atom stereocenters. The molecule has 1 aliphatic rings. The lowest BCUT2D eigenvalue weighted by molar-refractivity contribution is -0.119. The Hall–Kier alpha value is -0.640. The van der Waals surface area contributed by atoms with Gasteiger partial charge in [-0.3, -0.25) is 4.79 Å². The van der Waals surface area contributed by atoms with Crippen LogP contribution in [0.4, 0.5) is 4.39 Å². The predicted octanol–water partition coefficient (Wildman–Crippen LogP) is 0.198. The van der Waals surface area contributed by atoms with Crippen LogP contribution in [0, 0.1) is 0 Å². The van der Waals surface area contributed by atoms with Gasteiger partial charge in [0.15, 0.2) is 0 Å². The van der Waals surface area contributed by atoms with Crippen molar-refractivity contribution in [3.63, 3.8) is 0 Å². The molecular formula is C7H15FN2O. The molecule has 0 aromatic rings. The maximum Gasteiger partial charge on any atom is 0.234 e. The molecule has 0 radical (unpaired) electrons. The van der Waals surface area contributed by atoms with Crippen LogP contribution >= 0.6 is 0 Å². The van der Waals surface area contributed by atoms with E-state index in [2.05, 4.69) is 5.32 Å². The van der Waals surface area contributed by atoms with Crippen molar-refractivity contribution >= 4 is 5.91 Å². The zero-order chi connectivity index (χ0) is 8.85. The van der Waals surface area contributed by atoms with E-state index in [0.29, 0.717) is 0 Å². The lowest BCUT2D eigenvalue weighted by Crippen LogP contribution is -2.36. The van der Waals surface area contributed by atoms with Crippen molar-refractivity contribution in [1.82, 2.24) is 5.32 Å². The summed E-state index contributed by atoms with van der Waals surface area (Å²) >= 11 is 0. The Morgan fingerprint density at radius 3 is 2.36 bits per heavy atom. The summed E-state index contributed by atoms with van der Waals surface area (Å²) in [7, 11) is 0. The van der Waals surface area contributed by atoms with Gasteiger partial charge < -0.3 is 11.1 Å². The predicted molar refractivity (Wildman–Crippen MR) is 41.8 cm³/mol. The Bertz CT molecular complexity index is 130. The van der Waals surface area contributed by atoms with E-state index in [4.69, 9.17) is 5.73 Å². The van der Waals surface area contributed by atoms with Crippen LogP contribution in [0.5, 0.6) is 0 Å². The van der Waals surface area contributed by atoms with Crippen LogP contribution in [0.2, 0.25) is 0 Å². The van der Waals surface area contributed by atoms with Gasteiger partial charge >= 0.3 is 0 Å². The minimum atomic E-state index is -0.900. The quantitative estimate of drug-likeness (QED) is 0.578. The second-order valence-electron chi connectivity index (χ2n) is 2.20. The van der Waals surface area contributed by atoms with Crippen LogP contribution in [0.3, 0.4) is 0 Å². The highest BCUT2D eigenvalue weighted by Crippen LogP contribution is 2.08. The molecule has 11 heavy (non-hydrogen) atoms. The van der Waals surface area contributed by atoms with Gasteiger partial charge in [0.1, 0.15) is 6.17 Å². The third-order valence-corrected chi connectivity index (χ3v) is 1.42. The van der Waals surface area contributed by atoms with Crippen molar-refractivity contribution in [1.29, 1.82) is 0 Å². The lowest BCUT2D eigenvalue weighted by Gasteiger charge is -2.00. The molecule has 4 heteroatoms. The average molecular weight is 162 g/mol. The summed E-state index contributed by atoms with van der Waals surface area (Å²) in [5, 5.41) is 2.66. The fraction of sp³-hybridized carbons (Fsp3) is 0.857. The first-order valence-corrected chi connectivity index (χ1v) is 3.87. The number of nitrogens with one attached hydrogen (secondary N) is 1. The minimum Gasteiger partial charge on any atom is -0.368 e. The van der Waals surface area contributed by atoms with Gasteiger partial charge in [0.2, 0.25) is 5.91 Å². The molecule has 66 valence electrons. The number of carbonyl (C=O) groups excluding carboxylic acids is 1. The van der Waals surface area contributed by atoms with Crippen molar-refractivity contribution < 1.29 is 9.18 Å². The number of rotatable bonds is 1. The highest BCUT2D eigenvalue weighted by molar-refractivity contribution is 5.80. The largest absolute Gasteiger partial charge is 0.368 e. The molecule has 0 aromatic carbocycles. The molecule has 1 amide bonds. The third-order valence-electron chi connectivity index (χ3n) is 1.42. The summed E-state index contributed by atoms with van der Waals surface area (Å²) in [6, 6.07) is -0.444. The first-order chi connectivity index (χ1) is 5.20. The van der Waals surface area contributed by atoms with E-state index in [9.17, 15) is 9.18 Å². The molecule has 1 fully saturated rings. The Morgan fingerprint density at radius 1 is 1.64 bits per heavy atom. The first kappa shape index (κ1) is 10.4. The highest BCUT2D eigenvalue weighted by Gasteiger charge is 2.26. The van der Waals surface area contributed by atoms with E-state index in [1.165, 1.54) is 0 Å². The first-order valence-electron chi connectivity index (χ1n) is 3.87. The molecule has 0 aromatic heterocycles. The molecule has 1 heterocycles. The molecule has 0 unspecified atom stereocenters. The van der Waals surface area contributed by atoms with Crippen LogP contribution in [-0.2, 0) is 4.79 Å². The number of carbonyl (C=O) groups is 1. The van der Waals surface area contributed by atoms with E-state index in [0.717, 1.165) is 0 Å². The number of hydrogen-bond acceptors (Lipinski definition) is 2. The van der Waals surface area contributed by atoms with Crippen LogP contribution in [-0.4, -0.2) is 24.7 Å². The highest BCUT2D eigenvalue weighted by atomic mass is 19.1. The fourth-order valence-electron chi connectivity index (χ4n) is 0.909. The van der Waals surface area contributed by atoms with Gasteiger partial charge in [-0.15, -0.1) is 0 Å². The molecule has 0 saturated carbocycles. The van der Waals surface area contributed by atoms with Gasteiger partial charge in [0.25, 0.3) is 0 Å². The standard InChI is InChI=1S/C5H9FN2O.C2H6/c6-3-1-4(5(7)9)8-2-3;1-2/h3-4,8H,1-2H2,(H2,7,9);1-2H3/t3-,4-;/m0./s1. The second-order valence-corrected chi connectivity index (χ2v) is 2.20. The molecular weight excluding hydrogens is 147 g/mol. The van der Waals surface area contributed by atoms with Crippen molar-refractivity contribution in [2.24, 2.45) is 5.73 Å². The van der Waals surface area contributed by atoms with Crippen LogP contribution in [0.1, 0.15) is 20.3 Å². The molecule has 3 nitrogen and oxygen atoms in total. The second kappa shape index (κ2) is 5.07. The maximum atomic E-state index is 12.3. The molecule has 3 N–H and O–H groups in total. The minimum absolute atomic E-state index is 0.231. The summed E-state index contributed by atoms with van der Waals surface area (Å²) in [5.74, 6) is -0.463. The Balaban J connectivity index is 0.000000461. The summed E-state index contributed by atoms with van der Waals surface area (Å²) in [4.78, 5) is 10.3. The van der Waals surface area contributed by atoms with Crippen LogP contribution in [0.15, 0.2) is 0 Å². The summed E-state index contributed by atoms with van der Waals surface area (Å²) in [6.07, 6.45) is -0.669. The number of amides is 1. The number of alkyl halides is 1. The van der Waals surface area contributed by atoms with Gasteiger partial charge in [-0.25, -0.2) is 4.39 Å².